The third-order valence-corrected chi connectivity index (χ3v) is 4.31. The van der Waals surface area contributed by atoms with E-state index in [0.29, 0.717) is 5.69 Å². The van der Waals surface area contributed by atoms with E-state index in [1.54, 1.807) is 63.6 Å². The first-order chi connectivity index (χ1) is 12.3. The third kappa shape index (κ3) is 3.22. The number of rotatable bonds is 4. The van der Waals surface area contributed by atoms with Crippen molar-refractivity contribution in [2.24, 2.45) is 5.41 Å². The zero-order chi connectivity index (χ0) is 18.9. The Balaban J connectivity index is 2.08. The first kappa shape index (κ1) is 17.8. The topological polar surface area (TPSA) is 83.4 Å². The van der Waals surface area contributed by atoms with Gasteiger partial charge < -0.3 is 10.0 Å². The first-order valence-corrected chi connectivity index (χ1v) is 8.39. The summed E-state index contributed by atoms with van der Waals surface area (Å²) >= 11 is 0. The molecule has 0 aliphatic carbocycles. The van der Waals surface area contributed by atoms with Crippen LogP contribution in [0.1, 0.15) is 38.1 Å². The molecule has 1 N–H and O–H groups in total. The monoisotopic (exact) mass is 351 g/mol. The number of aliphatic hydroxyl groups excluding tert-OH is 1. The summed E-state index contributed by atoms with van der Waals surface area (Å²) in [5.41, 5.74) is 0.804. The molecule has 6 heteroatoms. The maximum absolute atomic E-state index is 13.0. The van der Waals surface area contributed by atoms with Crippen LogP contribution in [0.2, 0.25) is 0 Å². The lowest BCUT2D eigenvalue weighted by molar-refractivity contribution is -0.130. The standard InChI is InChI=1S/C20H21N3O3/c1-20(2,3)18(25)15-16(13-7-10-21-11-8-13)23(19(26)17(15)24)12-14-6-4-5-9-22-14/h4-11,16,24H,12H2,1-3H3. The van der Waals surface area contributed by atoms with Gasteiger partial charge in [-0.25, -0.2) is 0 Å². The van der Waals surface area contributed by atoms with Crippen molar-refractivity contribution in [3.05, 3.63) is 71.5 Å². The van der Waals surface area contributed by atoms with Crippen molar-refractivity contribution in [2.45, 2.75) is 33.4 Å². The fraction of sp³-hybridized carbons (Fsp3) is 0.300. The zero-order valence-corrected chi connectivity index (χ0v) is 15.0. The molecule has 2 aromatic rings. The average Bonchev–Trinajstić information content (AvgIpc) is 2.87. The maximum Gasteiger partial charge on any atom is 0.290 e. The van der Waals surface area contributed by atoms with E-state index in [0.717, 1.165) is 5.56 Å². The van der Waals surface area contributed by atoms with Gasteiger partial charge in [-0.2, -0.15) is 0 Å². The zero-order valence-electron chi connectivity index (χ0n) is 15.0. The van der Waals surface area contributed by atoms with Crippen LogP contribution in [-0.4, -0.2) is 31.7 Å². The largest absolute Gasteiger partial charge is 0.503 e. The van der Waals surface area contributed by atoms with E-state index in [9.17, 15) is 14.7 Å². The van der Waals surface area contributed by atoms with Gasteiger partial charge in [0.1, 0.15) is 0 Å². The van der Waals surface area contributed by atoms with Crippen LogP contribution in [0.3, 0.4) is 0 Å². The SMILES string of the molecule is CC(C)(C)C(=O)C1=C(O)C(=O)N(Cc2ccccn2)C1c1ccncc1. The molecular formula is C20H21N3O3. The number of carbonyl (C=O) groups excluding carboxylic acids is 2. The average molecular weight is 351 g/mol. The third-order valence-electron chi connectivity index (χ3n) is 4.31. The molecule has 3 rings (SSSR count). The van der Waals surface area contributed by atoms with Gasteiger partial charge in [0, 0.05) is 24.0 Å². The summed E-state index contributed by atoms with van der Waals surface area (Å²) in [5.74, 6) is -1.30. The van der Waals surface area contributed by atoms with Gasteiger partial charge in [-0.1, -0.05) is 26.8 Å². The van der Waals surface area contributed by atoms with Crippen LogP contribution < -0.4 is 0 Å². The van der Waals surface area contributed by atoms with Crippen molar-refractivity contribution >= 4 is 11.7 Å². The van der Waals surface area contributed by atoms with Gasteiger partial charge >= 0.3 is 0 Å². The lowest BCUT2D eigenvalue weighted by Gasteiger charge is -2.28. The highest BCUT2D eigenvalue weighted by molar-refractivity contribution is 6.10. The lowest BCUT2D eigenvalue weighted by atomic mass is 9.82. The van der Waals surface area contributed by atoms with Crippen molar-refractivity contribution in [1.29, 1.82) is 0 Å². The van der Waals surface area contributed by atoms with Gasteiger partial charge in [-0.15, -0.1) is 0 Å². The van der Waals surface area contributed by atoms with Gasteiger partial charge in [-0.05, 0) is 29.8 Å². The molecule has 1 amide bonds. The van der Waals surface area contributed by atoms with Crippen molar-refractivity contribution in [1.82, 2.24) is 14.9 Å². The molecule has 134 valence electrons. The van der Waals surface area contributed by atoms with Crippen molar-refractivity contribution in [3.8, 4) is 0 Å². The summed E-state index contributed by atoms with van der Waals surface area (Å²) in [6, 6.07) is 8.26. The number of Topliss-reactive ketones (excluding diaryl/α,β-unsaturated/α-hetero) is 1. The highest BCUT2D eigenvalue weighted by Crippen LogP contribution is 2.41. The van der Waals surface area contributed by atoms with Gasteiger partial charge in [0.2, 0.25) is 0 Å². The van der Waals surface area contributed by atoms with Gasteiger partial charge in [0.15, 0.2) is 11.5 Å². The number of nitrogens with zero attached hydrogens (tertiary/aromatic N) is 3. The van der Waals surface area contributed by atoms with Crippen molar-refractivity contribution < 1.29 is 14.7 Å². The van der Waals surface area contributed by atoms with E-state index in [2.05, 4.69) is 9.97 Å². The summed E-state index contributed by atoms with van der Waals surface area (Å²) < 4.78 is 0. The molecule has 2 aromatic heterocycles. The van der Waals surface area contributed by atoms with Crippen molar-refractivity contribution in [2.75, 3.05) is 0 Å². The summed E-state index contributed by atoms with van der Waals surface area (Å²) in [5, 5.41) is 10.5. The minimum Gasteiger partial charge on any atom is -0.503 e. The van der Waals surface area contributed by atoms with Crippen LogP contribution in [0.15, 0.2) is 60.3 Å². The molecule has 1 atom stereocenters. The molecule has 3 heterocycles. The molecule has 0 bridgehead atoms. The number of hydrogen-bond donors (Lipinski definition) is 1. The number of hydrogen-bond acceptors (Lipinski definition) is 5. The molecule has 0 radical (unpaired) electrons. The fourth-order valence-electron chi connectivity index (χ4n) is 3.01. The number of ketones is 1. The molecule has 0 fully saturated rings. The molecule has 26 heavy (non-hydrogen) atoms. The van der Waals surface area contributed by atoms with Crippen LogP contribution in [0, 0.1) is 5.41 Å². The normalized spacial score (nSPS) is 17.7. The highest BCUT2D eigenvalue weighted by atomic mass is 16.3. The van der Waals surface area contributed by atoms with Gasteiger partial charge in [0.05, 0.1) is 23.9 Å². The lowest BCUT2D eigenvalue weighted by Crippen LogP contribution is -2.32. The van der Waals surface area contributed by atoms with Crippen LogP contribution >= 0.6 is 0 Å². The van der Waals surface area contributed by atoms with Crippen LogP contribution in [0.25, 0.3) is 0 Å². The number of aliphatic hydroxyl groups is 1. The Morgan fingerprint density at radius 1 is 1.15 bits per heavy atom. The Hall–Kier alpha value is -3.02. The van der Waals surface area contributed by atoms with E-state index in [1.807, 2.05) is 6.07 Å². The van der Waals surface area contributed by atoms with E-state index in [-0.39, 0.29) is 17.9 Å². The molecule has 0 saturated heterocycles. The van der Waals surface area contributed by atoms with Crippen LogP contribution in [0.5, 0.6) is 0 Å². The Kier molecular flexibility index (Phi) is 4.59. The summed E-state index contributed by atoms with van der Waals surface area (Å²) in [6.07, 6.45) is 4.85. The second kappa shape index (κ2) is 6.71. The minimum absolute atomic E-state index is 0.129. The van der Waals surface area contributed by atoms with E-state index < -0.39 is 23.1 Å². The predicted molar refractivity (Wildman–Crippen MR) is 95.9 cm³/mol. The fourth-order valence-corrected chi connectivity index (χ4v) is 3.01. The smallest absolute Gasteiger partial charge is 0.290 e. The predicted octanol–water partition coefficient (Wildman–Crippen LogP) is 2.99. The Morgan fingerprint density at radius 2 is 1.85 bits per heavy atom. The van der Waals surface area contributed by atoms with E-state index in [4.69, 9.17) is 0 Å². The Morgan fingerprint density at radius 3 is 2.42 bits per heavy atom. The number of amides is 1. The molecule has 1 unspecified atom stereocenters. The minimum atomic E-state index is -0.726. The molecule has 0 aromatic carbocycles. The van der Waals surface area contributed by atoms with Crippen LogP contribution in [-0.2, 0) is 16.1 Å². The summed E-state index contributed by atoms with van der Waals surface area (Å²) in [6.45, 7) is 5.50. The summed E-state index contributed by atoms with van der Waals surface area (Å²) in [7, 11) is 0. The second-order valence-corrected chi connectivity index (χ2v) is 7.28. The van der Waals surface area contributed by atoms with E-state index >= 15 is 0 Å². The molecule has 0 saturated carbocycles. The number of carbonyl (C=O) groups is 2. The molecule has 1 aliphatic rings. The van der Waals surface area contributed by atoms with E-state index in [1.165, 1.54) is 4.90 Å². The molecule has 6 nitrogen and oxygen atoms in total. The molecule has 0 spiro atoms. The number of aromatic nitrogens is 2. The van der Waals surface area contributed by atoms with Crippen LogP contribution in [0.4, 0.5) is 0 Å². The highest BCUT2D eigenvalue weighted by Gasteiger charge is 2.45. The number of pyridine rings is 2. The Labute approximate surface area is 152 Å². The van der Waals surface area contributed by atoms with Gasteiger partial charge in [0.25, 0.3) is 5.91 Å². The second-order valence-electron chi connectivity index (χ2n) is 7.28. The molecular weight excluding hydrogens is 330 g/mol. The first-order valence-electron chi connectivity index (χ1n) is 8.39. The molecule has 1 aliphatic heterocycles. The van der Waals surface area contributed by atoms with Gasteiger partial charge in [-0.3, -0.25) is 19.6 Å². The Bertz CT molecular complexity index is 855. The van der Waals surface area contributed by atoms with Crippen molar-refractivity contribution in [3.63, 3.8) is 0 Å². The maximum atomic E-state index is 13.0. The quantitative estimate of drug-likeness (QED) is 0.915. The summed E-state index contributed by atoms with van der Waals surface area (Å²) in [4.78, 5) is 35.5.